The number of nitrogens with zero attached hydrogens (tertiary/aromatic N) is 1. The lowest BCUT2D eigenvalue weighted by Gasteiger charge is -2.54. The van der Waals surface area contributed by atoms with Gasteiger partial charge in [0.15, 0.2) is 0 Å². The van der Waals surface area contributed by atoms with Crippen LogP contribution >= 0.6 is 15.9 Å². The number of aliphatic hydroxyl groups excluding tert-OH is 3. The predicted molar refractivity (Wildman–Crippen MR) is 192 cm³/mol. The number of benzene rings is 1. The van der Waals surface area contributed by atoms with Crippen molar-refractivity contribution in [2.24, 2.45) is 11.7 Å². The van der Waals surface area contributed by atoms with Crippen LogP contribution in [-0.4, -0.2) is 85.7 Å². The van der Waals surface area contributed by atoms with E-state index in [2.05, 4.69) is 82.9 Å². The van der Waals surface area contributed by atoms with Gasteiger partial charge < -0.3 is 38.8 Å². The molecule has 0 amide bonds. The minimum absolute atomic E-state index is 0.0442. The fourth-order valence-corrected chi connectivity index (χ4v) is 19.6. The topological polar surface area (TPSA) is 177 Å². The summed E-state index contributed by atoms with van der Waals surface area (Å²) in [5.41, 5.74) is 8.47. The van der Waals surface area contributed by atoms with Crippen LogP contribution in [-0.2, 0) is 29.2 Å². The molecule has 3 aliphatic rings. The average molecular weight is 773 g/mol. The molecule has 2 aliphatic carbocycles. The minimum atomic E-state index is -3.08. The maximum absolute atomic E-state index is 12.3. The molecular weight excluding hydrogens is 714 g/mol. The van der Waals surface area contributed by atoms with E-state index >= 15 is 0 Å². The number of carbonyl (C=O) groups is 1. The predicted octanol–water partition coefficient (Wildman–Crippen LogP) is 4.86. The molecule has 0 spiro atoms. The van der Waals surface area contributed by atoms with Crippen LogP contribution < -0.4 is 11.2 Å². The molecule has 0 aromatic heterocycles. The Morgan fingerprint density at radius 1 is 1.00 bits per heavy atom. The second kappa shape index (κ2) is 17.4. The molecule has 1 aromatic rings. The zero-order chi connectivity index (χ0) is 36.0. The van der Waals surface area contributed by atoms with Gasteiger partial charge in [-0.3, -0.25) is 4.84 Å². The highest BCUT2D eigenvalue weighted by Crippen LogP contribution is 2.53. The smallest absolute Gasteiger partial charge is 0.335 e. The van der Waals surface area contributed by atoms with Crippen molar-refractivity contribution in [3.8, 4) is 6.07 Å². The number of aldehydes is 1. The molecule has 1 aromatic carbocycles. The van der Waals surface area contributed by atoms with E-state index in [1.807, 2.05) is 30.3 Å². The molecule has 3 unspecified atom stereocenters. The molecule has 6 N–H and O–H groups in total. The van der Waals surface area contributed by atoms with Gasteiger partial charge in [-0.15, -0.1) is 0 Å². The molecule has 1 aliphatic heterocycles. The number of hydrogen-bond donors (Lipinski definition) is 5. The lowest BCUT2D eigenvalue weighted by atomic mass is 9.68. The Hall–Kier alpha value is -1.07. The van der Waals surface area contributed by atoms with Gasteiger partial charge in [-0.1, -0.05) is 102 Å². The quantitative estimate of drug-likeness (QED) is 0.0951. The van der Waals surface area contributed by atoms with E-state index in [4.69, 9.17) is 33.8 Å². The zero-order valence-electron chi connectivity index (χ0n) is 29.7. The molecule has 1 saturated heterocycles. The third-order valence-electron chi connectivity index (χ3n) is 10.3. The molecule has 272 valence electrons. The number of hydroxylamine groups is 1. The summed E-state index contributed by atoms with van der Waals surface area (Å²) in [5, 5.41) is 40.2. The van der Waals surface area contributed by atoms with Crippen molar-refractivity contribution in [3.05, 3.63) is 35.9 Å². The second-order valence-electron chi connectivity index (χ2n) is 14.8. The van der Waals surface area contributed by atoms with E-state index in [-0.39, 0.29) is 41.2 Å². The molecule has 1 heterocycles. The van der Waals surface area contributed by atoms with Crippen LogP contribution in [0.3, 0.4) is 0 Å². The minimum Gasteiger partial charge on any atom is -0.414 e. The van der Waals surface area contributed by atoms with Crippen molar-refractivity contribution >= 4 is 39.3 Å². The van der Waals surface area contributed by atoms with Crippen molar-refractivity contribution in [1.29, 1.82) is 5.26 Å². The number of fused-ring (bicyclic) bond motifs is 1. The molecule has 0 radical (unpaired) electrons. The Morgan fingerprint density at radius 3 is 2.04 bits per heavy atom. The SMILES string of the molecule is CC(C)[Si]1(C(C)C)O[C@@H]2[C@H](O)[C@H](Br)C(C#N)[C@@](CC=O)(NOCc3ccccc3)[C@H]2O[Si](C(C)C)(C(C)C)O1.N[C@@H]1CCCC(O)C1O. The van der Waals surface area contributed by atoms with E-state index in [9.17, 15) is 15.2 Å². The first kappa shape index (κ1) is 41.4. The molecule has 0 bridgehead atoms. The Kier molecular flexibility index (Phi) is 15.0. The zero-order valence-corrected chi connectivity index (χ0v) is 33.3. The summed E-state index contributed by atoms with van der Waals surface area (Å²) in [7, 11) is -6.10. The Labute approximate surface area is 297 Å². The van der Waals surface area contributed by atoms with E-state index < -0.39 is 63.9 Å². The monoisotopic (exact) mass is 771 g/mol. The number of nitrogens with two attached hydrogens (primary N) is 1. The highest BCUT2D eigenvalue weighted by Gasteiger charge is 2.69. The highest BCUT2D eigenvalue weighted by molar-refractivity contribution is 9.09. The number of aliphatic hydroxyl groups is 3. The highest BCUT2D eigenvalue weighted by atomic mass is 79.9. The fraction of sp³-hybridized carbons (Fsp3) is 0.765. The van der Waals surface area contributed by atoms with Gasteiger partial charge in [-0.2, -0.15) is 10.7 Å². The van der Waals surface area contributed by atoms with Gasteiger partial charge >= 0.3 is 17.1 Å². The van der Waals surface area contributed by atoms with Gasteiger partial charge in [0.05, 0.1) is 53.4 Å². The van der Waals surface area contributed by atoms with Crippen molar-refractivity contribution in [3.63, 3.8) is 0 Å². The average Bonchev–Trinajstić information content (AvgIpc) is 3.22. The number of rotatable bonds is 10. The molecule has 11 nitrogen and oxygen atoms in total. The summed E-state index contributed by atoms with van der Waals surface area (Å²) in [6, 6.07) is 11.8. The van der Waals surface area contributed by atoms with Crippen LogP contribution in [0.5, 0.6) is 0 Å². The number of hydrogen-bond acceptors (Lipinski definition) is 11. The van der Waals surface area contributed by atoms with Crippen molar-refractivity contribution < 1.29 is 37.9 Å². The molecule has 4 rings (SSSR count). The normalized spacial score (nSPS) is 34.6. The van der Waals surface area contributed by atoms with Crippen molar-refractivity contribution in [2.45, 2.75) is 157 Å². The summed E-state index contributed by atoms with van der Waals surface area (Å²) in [6.07, 6.45) is -0.883. The van der Waals surface area contributed by atoms with Gasteiger partial charge in [0.1, 0.15) is 12.4 Å². The first-order chi connectivity index (χ1) is 22.5. The molecule has 14 heteroatoms. The summed E-state index contributed by atoms with van der Waals surface area (Å²) in [4.78, 5) is 17.7. The van der Waals surface area contributed by atoms with Crippen LogP contribution in [0.25, 0.3) is 0 Å². The van der Waals surface area contributed by atoms with Gasteiger partial charge in [0.25, 0.3) is 0 Å². The summed E-state index contributed by atoms with van der Waals surface area (Å²) in [5.74, 6) is -0.864. The first-order valence-corrected chi connectivity index (χ1v) is 22.2. The first-order valence-electron chi connectivity index (χ1n) is 17.3. The maximum Gasteiger partial charge on any atom is 0.335 e. The van der Waals surface area contributed by atoms with Crippen LogP contribution in [0, 0.1) is 17.2 Å². The van der Waals surface area contributed by atoms with Crippen molar-refractivity contribution in [2.75, 3.05) is 0 Å². The molecule has 2 saturated carbocycles. The third kappa shape index (κ3) is 8.35. The summed E-state index contributed by atoms with van der Waals surface area (Å²) < 4.78 is 21.5. The Balaban J connectivity index is 0.000000598. The number of halogens is 1. The summed E-state index contributed by atoms with van der Waals surface area (Å²) >= 11 is 3.61. The number of alkyl halides is 1. The van der Waals surface area contributed by atoms with E-state index in [0.29, 0.717) is 6.42 Å². The summed E-state index contributed by atoms with van der Waals surface area (Å²) in [6.45, 7) is 17.1. The van der Waals surface area contributed by atoms with Gasteiger partial charge in [-0.25, -0.2) is 0 Å². The van der Waals surface area contributed by atoms with Gasteiger partial charge in [0, 0.05) is 12.5 Å². The lowest BCUT2D eigenvalue weighted by molar-refractivity contribution is -0.168. The number of nitrogens with one attached hydrogen (secondary N) is 1. The van der Waals surface area contributed by atoms with Crippen LogP contribution in [0.2, 0.25) is 22.2 Å². The standard InChI is InChI=1S/C28H45BrN2O6Si2.C6H13NO2/c1-18(2)38(19(3)4)35-26-25(33)24(29)23(16-30)28(14-15-32,31-34-17-22-12-10-9-11-13-22)27(26)36-39(37-38,20(5)6)21(7)8;7-4-2-1-3-5(8)6(4)9/h9-13,15,18-21,23-27,31,33H,14,17H2,1-8H3;4-6,8-9H,1-3,7H2/t23?,24-,25-,26-,27+,28-;4-,5?,6?/m11/s1. The Morgan fingerprint density at radius 2 is 1.56 bits per heavy atom. The fourth-order valence-electron chi connectivity index (χ4n) is 7.42. The molecule has 9 atom stereocenters. The largest absolute Gasteiger partial charge is 0.414 e. The van der Waals surface area contributed by atoms with Crippen molar-refractivity contribution in [1.82, 2.24) is 5.48 Å². The second-order valence-corrected chi connectivity index (χ2v) is 24.6. The van der Waals surface area contributed by atoms with Crippen LogP contribution in [0.1, 0.15) is 86.6 Å². The third-order valence-corrected chi connectivity index (χ3v) is 21.6. The van der Waals surface area contributed by atoms with E-state index in [1.54, 1.807) is 0 Å². The molecule has 3 fully saturated rings. The van der Waals surface area contributed by atoms with E-state index in [1.165, 1.54) is 0 Å². The Bertz CT molecular complexity index is 1180. The lowest BCUT2D eigenvalue weighted by Crippen LogP contribution is -2.74. The molecule has 48 heavy (non-hydrogen) atoms. The van der Waals surface area contributed by atoms with Gasteiger partial charge in [0.2, 0.25) is 0 Å². The van der Waals surface area contributed by atoms with Crippen LogP contribution in [0.4, 0.5) is 0 Å². The maximum atomic E-state index is 12.3. The van der Waals surface area contributed by atoms with Crippen LogP contribution in [0.15, 0.2) is 30.3 Å². The van der Waals surface area contributed by atoms with Gasteiger partial charge in [-0.05, 0) is 47.0 Å². The number of carbonyl (C=O) groups excluding carboxylic acids is 1. The molecular formula is C34H58BrN3O8Si2. The van der Waals surface area contributed by atoms with E-state index in [0.717, 1.165) is 24.7 Å². The number of nitriles is 1.